The molecule has 0 saturated heterocycles. The SMILES string of the molecule is Cc1ccccc1OCc1nnc(SCC(=O)NC(C)(C)C)n1C. The van der Waals surface area contributed by atoms with Crippen molar-refractivity contribution >= 4 is 17.7 Å². The monoisotopic (exact) mass is 348 g/mol. The summed E-state index contributed by atoms with van der Waals surface area (Å²) in [5, 5.41) is 11.9. The van der Waals surface area contributed by atoms with Gasteiger partial charge in [0, 0.05) is 12.6 Å². The summed E-state index contributed by atoms with van der Waals surface area (Å²) in [6.07, 6.45) is 0. The predicted molar refractivity (Wildman–Crippen MR) is 95.1 cm³/mol. The molecule has 24 heavy (non-hydrogen) atoms. The summed E-state index contributed by atoms with van der Waals surface area (Å²) in [6.45, 7) is 8.21. The Hall–Kier alpha value is -2.02. The van der Waals surface area contributed by atoms with E-state index in [4.69, 9.17) is 4.74 Å². The Balaban J connectivity index is 1.91. The molecule has 2 rings (SSSR count). The number of nitrogens with one attached hydrogen (secondary N) is 1. The van der Waals surface area contributed by atoms with E-state index in [0.717, 1.165) is 17.1 Å². The quantitative estimate of drug-likeness (QED) is 0.813. The van der Waals surface area contributed by atoms with Crippen molar-refractivity contribution in [3.05, 3.63) is 35.7 Å². The molecule has 1 N–H and O–H groups in total. The van der Waals surface area contributed by atoms with Gasteiger partial charge >= 0.3 is 0 Å². The van der Waals surface area contributed by atoms with Crippen LogP contribution in [0.15, 0.2) is 29.4 Å². The molecule has 0 unspecified atom stereocenters. The molecule has 6 nitrogen and oxygen atoms in total. The summed E-state index contributed by atoms with van der Waals surface area (Å²) in [5.74, 6) is 1.84. The smallest absolute Gasteiger partial charge is 0.230 e. The highest BCUT2D eigenvalue weighted by Crippen LogP contribution is 2.19. The number of aryl methyl sites for hydroxylation is 1. The third-order valence-corrected chi connectivity index (χ3v) is 4.24. The molecule has 0 spiro atoms. The minimum Gasteiger partial charge on any atom is -0.485 e. The van der Waals surface area contributed by atoms with Crippen molar-refractivity contribution < 1.29 is 9.53 Å². The van der Waals surface area contributed by atoms with Gasteiger partial charge in [0.15, 0.2) is 11.0 Å². The number of nitrogens with zero attached hydrogens (tertiary/aromatic N) is 3. The van der Waals surface area contributed by atoms with Crippen molar-refractivity contribution in [1.29, 1.82) is 0 Å². The van der Waals surface area contributed by atoms with Crippen LogP contribution in [0.5, 0.6) is 5.75 Å². The minimum atomic E-state index is -0.232. The van der Waals surface area contributed by atoms with E-state index in [1.807, 2.05) is 63.6 Å². The average Bonchev–Trinajstić information content (AvgIpc) is 2.83. The molecule has 7 heteroatoms. The molecule has 0 saturated carbocycles. The van der Waals surface area contributed by atoms with Gasteiger partial charge in [-0.15, -0.1) is 10.2 Å². The topological polar surface area (TPSA) is 69.0 Å². The molecule has 0 aliphatic heterocycles. The Morgan fingerprint density at radius 2 is 2.00 bits per heavy atom. The zero-order valence-corrected chi connectivity index (χ0v) is 15.6. The van der Waals surface area contributed by atoms with Gasteiger partial charge in [-0.1, -0.05) is 30.0 Å². The summed E-state index contributed by atoms with van der Waals surface area (Å²) in [6, 6.07) is 7.84. The zero-order chi connectivity index (χ0) is 17.7. The van der Waals surface area contributed by atoms with Crippen LogP contribution in [0, 0.1) is 6.92 Å². The van der Waals surface area contributed by atoms with Gasteiger partial charge in [-0.3, -0.25) is 4.79 Å². The Labute approximate surface area is 147 Å². The Kier molecular flexibility index (Phi) is 5.88. The molecule has 0 radical (unpaired) electrons. The van der Waals surface area contributed by atoms with Crippen LogP contribution < -0.4 is 10.1 Å². The lowest BCUT2D eigenvalue weighted by Crippen LogP contribution is -2.41. The molecular formula is C17H24N4O2S. The number of amides is 1. The number of thioether (sulfide) groups is 1. The van der Waals surface area contributed by atoms with Crippen molar-refractivity contribution in [2.24, 2.45) is 7.05 Å². The van der Waals surface area contributed by atoms with Crippen LogP contribution >= 0.6 is 11.8 Å². The van der Waals surface area contributed by atoms with E-state index in [2.05, 4.69) is 15.5 Å². The molecule has 2 aromatic rings. The number of aromatic nitrogens is 3. The second-order valence-corrected chi connectivity index (χ2v) is 7.54. The van der Waals surface area contributed by atoms with E-state index >= 15 is 0 Å². The average molecular weight is 348 g/mol. The zero-order valence-electron chi connectivity index (χ0n) is 14.8. The van der Waals surface area contributed by atoms with Gasteiger partial charge in [0.25, 0.3) is 0 Å². The maximum atomic E-state index is 11.9. The number of rotatable bonds is 6. The second-order valence-electron chi connectivity index (χ2n) is 6.60. The number of ether oxygens (including phenoxy) is 1. The number of para-hydroxylation sites is 1. The second kappa shape index (κ2) is 7.70. The van der Waals surface area contributed by atoms with Gasteiger partial charge in [0.2, 0.25) is 5.91 Å². The van der Waals surface area contributed by atoms with E-state index in [1.54, 1.807) is 0 Å². The van der Waals surface area contributed by atoms with Crippen molar-refractivity contribution in [2.75, 3.05) is 5.75 Å². The lowest BCUT2D eigenvalue weighted by atomic mass is 10.1. The van der Waals surface area contributed by atoms with Gasteiger partial charge in [-0.25, -0.2) is 0 Å². The van der Waals surface area contributed by atoms with Crippen molar-refractivity contribution in [3.8, 4) is 5.75 Å². The molecule has 1 aromatic carbocycles. The highest BCUT2D eigenvalue weighted by molar-refractivity contribution is 7.99. The summed E-state index contributed by atoms with van der Waals surface area (Å²) in [5.41, 5.74) is 0.845. The van der Waals surface area contributed by atoms with Crippen molar-refractivity contribution in [1.82, 2.24) is 20.1 Å². The Morgan fingerprint density at radius 3 is 2.67 bits per heavy atom. The maximum absolute atomic E-state index is 11.9. The van der Waals surface area contributed by atoms with Gasteiger partial charge in [0.05, 0.1) is 5.75 Å². The van der Waals surface area contributed by atoms with Gasteiger partial charge in [-0.05, 0) is 39.3 Å². The molecule has 1 aromatic heterocycles. The van der Waals surface area contributed by atoms with Crippen LogP contribution in [0.25, 0.3) is 0 Å². The van der Waals surface area contributed by atoms with Gasteiger partial charge in [-0.2, -0.15) is 0 Å². The lowest BCUT2D eigenvalue weighted by molar-refractivity contribution is -0.119. The van der Waals surface area contributed by atoms with Crippen LogP contribution in [-0.4, -0.2) is 32.0 Å². The number of hydrogen-bond acceptors (Lipinski definition) is 5. The Bertz CT molecular complexity index is 707. The third kappa shape index (κ3) is 5.26. The van der Waals surface area contributed by atoms with Crippen LogP contribution in [0.4, 0.5) is 0 Å². The highest BCUT2D eigenvalue weighted by atomic mass is 32.2. The summed E-state index contributed by atoms with van der Waals surface area (Å²) in [7, 11) is 1.88. The van der Waals surface area contributed by atoms with E-state index in [1.165, 1.54) is 11.8 Å². The normalized spacial score (nSPS) is 11.4. The fraction of sp³-hybridized carbons (Fsp3) is 0.471. The summed E-state index contributed by atoms with van der Waals surface area (Å²) in [4.78, 5) is 11.9. The standard InChI is InChI=1S/C17H24N4O2S/c1-12-8-6-7-9-13(12)23-10-14-19-20-16(21(14)5)24-11-15(22)18-17(2,3)4/h6-9H,10-11H2,1-5H3,(H,18,22). The number of hydrogen-bond donors (Lipinski definition) is 1. The lowest BCUT2D eigenvalue weighted by Gasteiger charge is -2.20. The first-order valence-electron chi connectivity index (χ1n) is 7.77. The van der Waals surface area contributed by atoms with Crippen LogP contribution in [-0.2, 0) is 18.4 Å². The molecule has 0 aliphatic carbocycles. The van der Waals surface area contributed by atoms with Crippen LogP contribution in [0.1, 0.15) is 32.2 Å². The molecule has 0 fully saturated rings. The van der Waals surface area contributed by atoms with Crippen molar-refractivity contribution in [3.63, 3.8) is 0 Å². The number of carbonyl (C=O) groups excluding carboxylic acids is 1. The molecule has 0 bridgehead atoms. The van der Waals surface area contributed by atoms with E-state index < -0.39 is 0 Å². The highest BCUT2D eigenvalue weighted by Gasteiger charge is 2.16. The van der Waals surface area contributed by atoms with E-state index in [-0.39, 0.29) is 11.4 Å². The molecular weight excluding hydrogens is 324 g/mol. The molecule has 0 atom stereocenters. The van der Waals surface area contributed by atoms with Crippen LogP contribution in [0.3, 0.4) is 0 Å². The van der Waals surface area contributed by atoms with Gasteiger partial charge in [0.1, 0.15) is 12.4 Å². The van der Waals surface area contributed by atoms with E-state index in [0.29, 0.717) is 17.5 Å². The molecule has 0 aliphatic rings. The Morgan fingerprint density at radius 1 is 1.29 bits per heavy atom. The first-order chi connectivity index (χ1) is 11.3. The first kappa shape index (κ1) is 18.3. The maximum Gasteiger partial charge on any atom is 0.230 e. The number of carbonyl (C=O) groups is 1. The third-order valence-electron chi connectivity index (χ3n) is 3.22. The summed E-state index contributed by atoms with van der Waals surface area (Å²) >= 11 is 1.36. The van der Waals surface area contributed by atoms with Gasteiger partial charge < -0.3 is 14.6 Å². The fourth-order valence-electron chi connectivity index (χ4n) is 2.04. The van der Waals surface area contributed by atoms with Crippen molar-refractivity contribution in [2.45, 2.75) is 45.0 Å². The fourth-order valence-corrected chi connectivity index (χ4v) is 2.77. The summed E-state index contributed by atoms with van der Waals surface area (Å²) < 4.78 is 7.65. The predicted octanol–water partition coefficient (Wildman–Crippen LogP) is 2.71. The molecule has 1 amide bonds. The van der Waals surface area contributed by atoms with Crippen LogP contribution in [0.2, 0.25) is 0 Å². The molecule has 1 heterocycles. The van der Waals surface area contributed by atoms with E-state index in [9.17, 15) is 4.79 Å². The largest absolute Gasteiger partial charge is 0.485 e. The first-order valence-corrected chi connectivity index (χ1v) is 8.75. The number of benzene rings is 1. The minimum absolute atomic E-state index is 0.0202. The molecule has 130 valence electrons.